The second-order valence-electron chi connectivity index (χ2n) is 6.20. The predicted molar refractivity (Wildman–Crippen MR) is 112 cm³/mol. The lowest BCUT2D eigenvalue weighted by Crippen LogP contribution is -2.42. The van der Waals surface area contributed by atoms with Crippen LogP contribution in [0.15, 0.2) is 58.4 Å². The molecule has 4 N–H and O–H groups in total. The van der Waals surface area contributed by atoms with E-state index in [1.165, 1.54) is 12.1 Å². The molecule has 0 aliphatic rings. The summed E-state index contributed by atoms with van der Waals surface area (Å²) in [6, 6.07) is 13.7. The molecule has 0 aliphatic carbocycles. The Labute approximate surface area is 171 Å². The average molecular weight is 425 g/mol. The van der Waals surface area contributed by atoms with Gasteiger partial charge in [0.1, 0.15) is 11.9 Å². The quantitative estimate of drug-likeness (QED) is 0.444. The van der Waals surface area contributed by atoms with Crippen molar-refractivity contribution in [2.45, 2.75) is 24.3 Å². The highest BCUT2D eigenvalue weighted by Gasteiger charge is 2.08. The van der Waals surface area contributed by atoms with Crippen LogP contribution < -0.4 is 20.5 Å². The number of nitrogens with zero attached hydrogens (tertiary/aromatic N) is 1. The topological polar surface area (TPSA) is 106 Å². The maximum absolute atomic E-state index is 11.3. The minimum absolute atomic E-state index is 0.0644. The van der Waals surface area contributed by atoms with Crippen LogP contribution in [0.2, 0.25) is 5.02 Å². The van der Waals surface area contributed by atoms with Crippen LogP contribution in [-0.2, 0) is 16.4 Å². The zero-order valence-corrected chi connectivity index (χ0v) is 17.4. The number of nitrogens with one attached hydrogen (secondary N) is 2. The van der Waals surface area contributed by atoms with Crippen molar-refractivity contribution in [1.29, 1.82) is 0 Å². The highest BCUT2D eigenvalue weighted by atomic mass is 35.5. The molecule has 9 heteroatoms. The fraction of sp³-hybridized carbons (Fsp3) is 0.316. The summed E-state index contributed by atoms with van der Waals surface area (Å²) in [5.41, 5.74) is 0.995. The Balaban J connectivity index is 1.74. The summed E-state index contributed by atoms with van der Waals surface area (Å²) in [5, 5.41) is 12.2. The van der Waals surface area contributed by atoms with Crippen molar-refractivity contribution >= 4 is 27.6 Å². The minimum atomic E-state index is -3.66. The number of ether oxygens (including phenoxy) is 1. The maximum Gasteiger partial charge on any atom is 0.238 e. The van der Waals surface area contributed by atoms with Crippen LogP contribution in [0.1, 0.15) is 12.5 Å². The lowest BCUT2D eigenvalue weighted by molar-refractivity contribution is 0.224. The SMILES string of the molecule is CN=C(NCCc1ccc(S(N)(=O)=O)cc1)NCC(C)Oc1ccc(Cl)cc1. The molecule has 0 amide bonds. The minimum Gasteiger partial charge on any atom is -0.489 e. The highest BCUT2D eigenvalue weighted by Crippen LogP contribution is 2.16. The summed E-state index contributed by atoms with van der Waals surface area (Å²) in [6.45, 7) is 3.17. The van der Waals surface area contributed by atoms with Crippen LogP contribution in [0.4, 0.5) is 0 Å². The van der Waals surface area contributed by atoms with Gasteiger partial charge in [0.2, 0.25) is 10.0 Å². The van der Waals surface area contributed by atoms with Crippen LogP contribution in [-0.4, -0.2) is 40.6 Å². The lowest BCUT2D eigenvalue weighted by atomic mass is 10.1. The molecule has 0 bridgehead atoms. The number of benzene rings is 2. The summed E-state index contributed by atoms with van der Waals surface area (Å²) in [4.78, 5) is 4.29. The molecule has 0 radical (unpaired) electrons. The van der Waals surface area contributed by atoms with Crippen molar-refractivity contribution < 1.29 is 13.2 Å². The van der Waals surface area contributed by atoms with E-state index in [2.05, 4.69) is 15.6 Å². The van der Waals surface area contributed by atoms with Gasteiger partial charge in [0.25, 0.3) is 0 Å². The van der Waals surface area contributed by atoms with Gasteiger partial charge in [-0.1, -0.05) is 23.7 Å². The molecule has 2 rings (SSSR count). The number of aliphatic imine (C=N–C) groups is 1. The van der Waals surface area contributed by atoms with Gasteiger partial charge in [0.05, 0.1) is 11.4 Å². The van der Waals surface area contributed by atoms with E-state index in [1.807, 2.05) is 19.1 Å². The number of halogens is 1. The van der Waals surface area contributed by atoms with Gasteiger partial charge in [-0.05, 0) is 55.3 Å². The number of hydrogen-bond donors (Lipinski definition) is 3. The van der Waals surface area contributed by atoms with Gasteiger partial charge >= 0.3 is 0 Å². The normalized spacial score (nSPS) is 13.1. The maximum atomic E-state index is 11.3. The summed E-state index contributed by atoms with van der Waals surface area (Å²) >= 11 is 5.87. The van der Waals surface area contributed by atoms with E-state index >= 15 is 0 Å². The number of rotatable bonds is 8. The third kappa shape index (κ3) is 7.38. The van der Waals surface area contributed by atoms with Crippen molar-refractivity contribution in [3.8, 4) is 5.75 Å². The third-order valence-electron chi connectivity index (χ3n) is 3.89. The van der Waals surface area contributed by atoms with E-state index in [4.69, 9.17) is 21.5 Å². The van der Waals surface area contributed by atoms with Crippen molar-refractivity contribution in [1.82, 2.24) is 10.6 Å². The largest absolute Gasteiger partial charge is 0.489 e. The monoisotopic (exact) mass is 424 g/mol. The Morgan fingerprint density at radius 3 is 2.36 bits per heavy atom. The molecule has 0 saturated heterocycles. The number of sulfonamides is 1. The van der Waals surface area contributed by atoms with E-state index < -0.39 is 10.0 Å². The average Bonchev–Trinajstić information content (AvgIpc) is 2.66. The zero-order valence-electron chi connectivity index (χ0n) is 15.9. The van der Waals surface area contributed by atoms with Gasteiger partial charge in [0.15, 0.2) is 5.96 Å². The fourth-order valence-corrected chi connectivity index (χ4v) is 3.06. The van der Waals surface area contributed by atoms with Gasteiger partial charge in [-0.3, -0.25) is 4.99 Å². The smallest absolute Gasteiger partial charge is 0.238 e. The van der Waals surface area contributed by atoms with Gasteiger partial charge in [0, 0.05) is 18.6 Å². The first-order valence-corrected chi connectivity index (χ1v) is 10.7. The second-order valence-corrected chi connectivity index (χ2v) is 8.20. The molecule has 28 heavy (non-hydrogen) atoms. The molecule has 152 valence electrons. The Bertz CT molecular complexity index is 884. The van der Waals surface area contributed by atoms with Crippen molar-refractivity contribution in [2.24, 2.45) is 10.1 Å². The lowest BCUT2D eigenvalue weighted by Gasteiger charge is -2.18. The molecule has 1 atom stereocenters. The molecule has 7 nitrogen and oxygen atoms in total. The Hall–Kier alpha value is -2.29. The first-order chi connectivity index (χ1) is 13.3. The van der Waals surface area contributed by atoms with E-state index in [-0.39, 0.29) is 11.0 Å². The molecule has 0 aliphatic heterocycles. The van der Waals surface area contributed by atoms with Crippen LogP contribution in [0.25, 0.3) is 0 Å². The van der Waals surface area contributed by atoms with Crippen molar-refractivity contribution in [3.63, 3.8) is 0 Å². The molecule has 0 aromatic heterocycles. The van der Waals surface area contributed by atoms with Crippen molar-refractivity contribution in [2.75, 3.05) is 20.1 Å². The molecule has 2 aromatic carbocycles. The van der Waals surface area contributed by atoms with Crippen LogP contribution >= 0.6 is 11.6 Å². The van der Waals surface area contributed by atoms with E-state index in [0.717, 1.165) is 11.3 Å². The highest BCUT2D eigenvalue weighted by molar-refractivity contribution is 7.89. The van der Waals surface area contributed by atoms with Gasteiger partial charge < -0.3 is 15.4 Å². The molecule has 0 spiro atoms. The predicted octanol–water partition coefficient (Wildman–Crippen LogP) is 2.16. The van der Waals surface area contributed by atoms with E-state index in [0.29, 0.717) is 30.5 Å². The van der Waals surface area contributed by atoms with Gasteiger partial charge in [-0.25, -0.2) is 13.6 Å². The van der Waals surface area contributed by atoms with Crippen LogP contribution in [0.3, 0.4) is 0 Å². The molecule has 0 saturated carbocycles. The van der Waals surface area contributed by atoms with Crippen molar-refractivity contribution in [3.05, 3.63) is 59.1 Å². The summed E-state index contributed by atoms with van der Waals surface area (Å²) < 4.78 is 28.4. The first-order valence-electron chi connectivity index (χ1n) is 8.76. The van der Waals surface area contributed by atoms with Crippen LogP contribution in [0, 0.1) is 0 Å². The number of nitrogens with two attached hydrogens (primary N) is 1. The summed E-state index contributed by atoms with van der Waals surface area (Å²) in [6.07, 6.45) is 0.646. The fourth-order valence-electron chi connectivity index (χ4n) is 2.42. The van der Waals surface area contributed by atoms with E-state index in [9.17, 15) is 8.42 Å². The Morgan fingerprint density at radius 2 is 1.79 bits per heavy atom. The Kier molecular flexibility index (Phi) is 8.10. The molecule has 0 fully saturated rings. The molecule has 2 aromatic rings. The van der Waals surface area contributed by atoms with Gasteiger partial charge in [-0.2, -0.15) is 0 Å². The third-order valence-corrected chi connectivity index (χ3v) is 5.07. The standard InChI is InChI=1S/C19H25ClN4O3S/c1-14(27-17-7-5-16(20)6-8-17)13-24-19(22-2)23-12-11-15-3-9-18(10-4-15)28(21,25)26/h3-10,14H,11-13H2,1-2H3,(H2,21,25,26)(H2,22,23,24). The second kappa shape index (κ2) is 10.3. The molecule has 0 heterocycles. The number of hydrogen-bond acceptors (Lipinski definition) is 4. The number of guanidine groups is 1. The van der Waals surface area contributed by atoms with Crippen LogP contribution in [0.5, 0.6) is 5.75 Å². The summed E-state index contributed by atoms with van der Waals surface area (Å²) in [5.74, 6) is 1.41. The number of primary sulfonamides is 1. The first kappa shape index (κ1) is 22.0. The molecular formula is C19H25ClN4O3S. The zero-order chi connectivity index (χ0) is 20.6. The van der Waals surface area contributed by atoms with E-state index in [1.54, 1.807) is 31.3 Å². The summed E-state index contributed by atoms with van der Waals surface area (Å²) in [7, 11) is -1.97. The molecular weight excluding hydrogens is 400 g/mol. The van der Waals surface area contributed by atoms with Gasteiger partial charge in [-0.15, -0.1) is 0 Å². The molecule has 1 unspecified atom stereocenters. The Morgan fingerprint density at radius 1 is 1.14 bits per heavy atom.